The lowest BCUT2D eigenvalue weighted by atomic mass is 10.1. The number of piperazine rings is 1. The van der Waals surface area contributed by atoms with Crippen molar-refractivity contribution in [3.63, 3.8) is 0 Å². The summed E-state index contributed by atoms with van der Waals surface area (Å²) >= 11 is 0. The zero-order valence-corrected chi connectivity index (χ0v) is 11.6. The molecule has 19 heavy (non-hydrogen) atoms. The van der Waals surface area contributed by atoms with Gasteiger partial charge in [-0.3, -0.25) is 4.90 Å². The van der Waals surface area contributed by atoms with E-state index >= 15 is 0 Å². The maximum Gasteiger partial charge on any atom is 0.186 e. The van der Waals surface area contributed by atoms with Crippen LogP contribution < -0.4 is 10.6 Å². The van der Waals surface area contributed by atoms with Gasteiger partial charge in [0.15, 0.2) is 11.6 Å². The average Bonchev–Trinajstić information content (AvgIpc) is 2.43. The van der Waals surface area contributed by atoms with Crippen LogP contribution in [-0.4, -0.2) is 54.1 Å². The van der Waals surface area contributed by atoms with Crippen LogP contribution in [0.1, 0.15) is 12.6 Å². The van der Waals surface area contributed by atoms with Crippen LogP contribution in [0.5, 0.6) is 0 Å². The van der Waals surface area contributed by atoms with E-state index in [9.17, 15) is 4.39 Å². The smallest absolute Gasteiger partial charge is 0.186 e. The number of nitrogens with two attached hydrogens (primary N) is 1. The van der Waals surface area contributed by atoms with Gasteiger partial charge in [-0.25, -0.2) is 14.4 Å². The monoisotopic (exact) mass is 267 g/mol. The van der Waals surface area contributed by atoms with Crippen LogP contribution in [0.15, 0.2) is 6.33 Å². The highest BCUT2D eigenvalue weighted by atomic mass is 19.1. The molecular weight excluding hydrogens is 245 g/mol. The first-order valence-corrected chi connectivity index (χ1v) is 6.76. The van der Waals surface area contributed by atoms with Gasteiger partial charge in [0, 0.05) is 32.7 Å². The third kappa shape index (κ3) is 3.39. The molecule has 1 aromatic heterocycles. The molecule has 2 heterocycles. The fourth-order valence-electron chi connectivity index (χ4n) is 2.32. The number of hydrogen-bond donors (Lipinski definition) is 1. The molecule has 0 spiro atoms. The van der Waals surface area contributed by atoms with Gasteiger partial charge in [0.2, 0.25) is 0 Å². The standard InChI is InChI=1S/C13H22FN5/c1-10(7-15)8-18-3-5-19(6-4-18)13-12(14)11(2)16-9-17-13/h9-10H,3-8,15H2,1-2H3. The number of nitrogens with zero attached hydrogens (tertiary/aromatic N) is 4. The first kappa shape index (κ1) is 14.1. The van der Waals surface area contributed by atoms with E-state index in [1.165, 1.54) is 6.33 Å². The highest BCUT2D eigenvalue weighted by molar-refractivity contribution is 5.41. The summed E-state index contributed by atoms with van der Waals surface area (Å²) in [6.45, 7) is 8.98. The molecule has 6 heteroatoms. The van der Waals surface area contributed by atoms with E-state index in [1.54, 1.807) is 6.92 Å². The molecule has 0 radical (unpaired) electrons. The van der Waals surface area contributed by atoms with E-state index in [2.05, 4.69) is 21.8 Å². The summed E-state index contributed by atoms with van der Waals surface area (Å²) in [5.74, 6) is 0.634. The molecule has 5 nitrogen and oxygen atoms in total. The Kier molecular flexibility index (Phi) is 4.66. The molecule has 0 bridgehead atoms. The minimum atomic E-state index is -0.300. The van der Waals surface area contributed by atoms with Gasteiger partial charge < -0.3 is 10.6 Å². The number of hydrogen-bond acceptors (Lipinski definition) is 5. The quantitative estimate of drug-likeness (QED) is 0.867. The Morgan fingerprint density at radius 3 is 2.63 bits per heavy atom. The van der Waals surface area contributed by atoms with Crippen LogP contribution >= 0.6 is 0 Å². The highest BCUT2D eigenvalue weighted by Crippen LogP contribution is 2.19. The van der Waals surface area contributed by atoms with Gasteiger partial charge in [-0.15, -0.1) is 0 Å². The first-order valence-electron chi connectivity index (χ1n) is 6.76. The molecular formula is C13H22FN5. The summed E-state index contributed by atoms with van der Waals surface area (Å²) < 4.78 is 14.0. The molecule has 0 amide bonds. The van der Waals surface area contributed by atoms with Gasteiger partial charge in [-0.1, -0.05) is 6.92 Å². The van der Waals surface area contributed by atoms with Gasteiger partial charge in [0.25, 0.3) is 0 Å². The second-order valence-electron chi connectivity index (χ2n) is 5.23. The van der Waals surface area contributed by atoms with Gasteiger partial charge in [-0.05, 0) is 19.4 Å². The molecule has 0 aromatic carbocycles. The molecule has 1 saturated heterocycles. The minimum Gasteiger partial charge on any atom is -0.352 e. The largest absolute Gasteiger partial charge is 0.352 e. The van der Waals surface area contributed by atoms with Crippen molar-refractivity contribution in [2.45, 2.75) is 13.8 Å². The van der Waals surface area contributed by atoms with Crippen LogP contribution in [0.3, 0.4) is 0 Å². The maximum atomic E-state index is 14.0. The Balaban J connectivity index is 1.94. The second kappa shape index (κ2) is 6.25. The Hall–Kier alpha value is -1.27. The summed E-state index contributed by atoms with van der Waals surface area (Å²) in [7, 11) is 0. The van der Waals surface area contributed by atoms with Crippen LogP contribution in [0.2, 0.25) is 0 Å². The Labute approximate surface area is 113 Å². The molecule has 0 saturated carbocycles. The topological polar surface area (TPSA) is 58.3 Å². The van der Waals surface area contributed by atoms with E-state index in [-0.39, 0.29) is 5.82 Å². The van der Waals surface area contributed by atoms with Crippen molar-refractivity contribution in [1.29, 1.82) is 0 Å². The van der Waals surface area contributed by atoms with Crippen molar-refractivity contribution in [1.82, 2.24) is 14.9 Å². The number of halogens is 1. The molecule has 0 aliphatic carbocycles. The van der Waals surface area contributed by atoms with Crippen LogP contribution in [-0.2, 0) is 0 Å². The zero-order chi connectivity index (χ0) is 13.8. The highest BCUT2D eigenvalue weighted by Gasteiger charge is 2.22. The second-order valence-corrected chi connectivity index (χ2v) is 5.23. The molecule has 2 N–H and O–H groups in total. The predicted octanol–water partition coefficient (Wildman–Crippen LogP) is 0.641. The normalized spacial score (nSPS) is 18.6. The van der Waals surface area contributed by atoms with Crippen LogP contribution in [0.4, 0.5) is 10.2 Å². The number of rotatable bonds is 4. The summed E-state index contributed by atoms with van der Waals surface area (Å²) in [6, 6.07) is 0. The zero-order valence-electron chi connectivity index (χ0n) is 11.6. The third-order valence-electron chi connectivity index (χ3n) is 3.59. The lowest BCUT2D eigenvalue weighted by Crippen LogP contribution is -2.48. The fourth-order valence-corrected chi connectivity index (χ4v) is 2.32. The molecule has 106 valence electrons. The van der Waals surface area contributed by atoms with Crippen molar-refractivity contribution in [2.75, 3.05) is 44.2 Å². The van der Waals surface area contributed by atoms with Crippen molar-refractivity contribution in [3.8, 4) is 0 Å². The summed E-state index contributed by atoms with van der Waals surface area (Å²) in [5, 5.41) is 0. The lowest BCUT2D eigenvalue weighted by Gasteiger charge is -2.36. The van der Waals surface area contributed by atoms with Crippen molar-refractivity contribution in [3.05, 3.63) is 17.8 Å². The van der Waals surface area contributed by atoms with Crippen LogP contribution in [0.25, 0.3) is 0 Å². The molecule has 1 atom stereocenters. The van der Waals surface area contributed by atoms with Crippen molar-refractivity contribution >= 4 is 5.82 Å². The number of anilines is 1. The van der Waals surface area contributed by atoms with E-state index in [0.29, 0.717) is 24.0 Å². The summed E-state index contributed by atoms with van der Waals surface area (Å²) in [5.41, 5.74) is 6.05. The fraction of sp³-hybridized carbons (Fsp3) is 0.692. The minimum absolute atomic E-state index is 0.300. The van der Waals surface area contributed by atoms with Gasteiger partial charge in [0.05, 0.1) is 5.69 Å². The molecule has 1 aromatic rings. The molecule has 1 fully saturated rings. The Morgan fingerprint density at radius 1 is 1.32 bits per heavy atom. The maximum absolute atomic E-state index is 14.0. The predicted molar refractivity (Wildman–Crippen MR) is 73.6 cm³/mol. The molecule has 1 aliphatic rings. The van der Waals surface area contributed by atoms with Crippen LogP contribution in [0, 0.1) is 18.7 Å². The molecule has 1 unspecified atom stereocenters. The molecule has 1 aliphatic heterocycles. The van der Waals surface area contributed by atoms with Crippen molar-refractivity contribution < 1.29 is 4.39 Å². The molecule has 2 rings (SSSR count). The van der Waals surface area contributed by atoms with Gasteiger partial charge in [-0.2, -0.15) is 0 Å². The van der Waals surface area contributed by atoms with E-state index < -0.39 is 0 Å². The summed E-state index contributed by atoms with van der Waals surface area (Å²) in [4.78, 5) is 12.3. The first-order chi connectivity index (χ1) is 9.11. The lowest BCUT2D eigenvalue weighted by molar-refractivity contribution is 0.226. The summed E-state index contributed by atoms with van der Waals surface area (Å²) in [6.07, 6.45) is 1.43. The Bertz CT molecular complexity index is 417. The van der Waals surface area contributed by atoms with E-state index in [4.69, 9.17) is 5.73 Å². The number of aryl methyl sites for hydroxylation is 1. The van der Waals surface area contributed by atoms with E-state index in [0.717, 1.165) is 32.7 Å². The van der Waals surface area contributed by atoms with Gasteiger partial charge >= 0.3 is 0 Å². The average molecular weight is 267 g/mol. The Morgan fingerprint density at radius 2 is 2.00 bits per heavy atom. The van der Waals surface area contributed by atoms with E-state index in [1.807, 2.05) is 4.90 Å². The van der Waals surface area contributed by atoms with Gasteiger partial charge in [0.1, 0.15) is 6.33 Å². The van der Waals surface area contributed by atoms with Crippen molar-refractivity contribution in [2.24, 2.45) is 11.7 Å². The third-order valence-corrected chi connectivity index (χ3v) is 3.59. The SMILES string of the molecule is Cc1ncnc(N2CCN(CC(C)CN)CC2)c1F. The number of aromatic nitrogens is 2.